The lowest BCUT2D eigenvalue weighted by molar-refractivity contribution is 0.0963. The molecule has 0 unspecified atom stereocenters. The molecule has 4 nitrogen and oxygen atoms in total. The van der Waals surface area contributed by atoms with Crippen molar-refractivity contribution in [2.75, 3.05) is 7.05 Å². The molecule has 0 aliphatic carbocycles. The van der Waals surface area contributed by atoms with E-state index >= 15 is 0 Å². The lowest BCUT2D eigenvalue weighted by Gasteiger charge is -2.01. The number of amides is 1. The predicted molar refractivity (Wildman–Crippen MR) is 80.2 cm³/mol. The Morgan fingerprint density at radius 2 is 2.10 bits per heavy atom. The molecule has 0 aliphatic heterocycles. The minimum atomic E-state index is -0.173. The molecule has 2 aromatic rings. The molecule has 5 heteroatoms. The van der Waals surface area contributed by atoms with Gasteiger partial charge in [0, 0.05) is 29.4 Å². The molecule has 2 N–H and O–H groups in total. The number of phenols is 1. The first kappa shape index (κ1) is 14.1. The second kappa shape index (κ2) is 6.21. The van der Waals surface area contributed by atoms with Crippen molar-refractivity contribution in [3.05, 3.63) is 58.6 Å². The highest BCUT2D eigenvalue weighted by molar-refractivity contribution is 6.30. The summed E-state index contributed by atoms with van der Waals surface area (Å²) in [6.45, 7) is 0. The number of phenolic OH excluding ortho intramolecular Hbond substituents is 1. The molecule has 0 atom stereocenters. The summed E-state index contributed by atoms with van der Waals surface area (Å²) in [6.07, 6.45) is 1.50. The predicted octanol–water partition coefficient (Wildman–Crippen LogP) is 3.16. The third kappa shape index (κ3) is 3.36. The number of nitrogens with zero attached hydrogens (tertiary/aromatic N) is 1. The summed E-state index contributed by atoms with van der Waals surface area (Å²) >= 11 is 5.86. The third-order valence-corrected chi connectivity index (χ3v) is 2.91. The van der Waals surface area contributed by atoms with Crippen molar-refractivity contribution in [3.63, 3.8) is 0 Å². The van der Waals surface area contributed by atoms with Gasteiger partial charge < -0.3 is 10.4 Å². The average molecular weight is 289 g/mol. The molecule has 0 fully saturated rings. The normalized spacial score (nSPS) is 10.7. The van der Waals surface area contributed by atoms with E-state index in [9.17, 15) is 9.90 Å². The monoisotopic (exact) mass is 288 g/mol. The van der Waals surface area contributed by atoms with Crippen molar-refractivity contribution < 1.29 is 9.90 Å². The van der Waals surface area contributed by atoms with Crippen molar-refractivity contribution in [3.8, 4) is 5.75 Å². The van der Waals surface area contributed by atoms with Crippen LogP contribution < -0.4 is 5.32 Å². The first-order valence-corrected chi connectivity index (χ1v) is 6.32. The first-order valence-electron chi connectivity index (χ1n) is 5.95. The van der Waals surface area contributed by atoms with Gasteiger partial charge in [-0.15, -0.1) is 0 Å². The zero-order valence-electron chi connectivity index (χ0n) is 10.8. The quantitative estimate of drug-likeness (QED) is 0.852. The van der Waals surface area contributed by atoms with Crippen LogP contribution in [0.1, 0.15) is 15.9 Å². The fourth-order valence-corrected chi connectivity index (χ4v) is 1.83. The van der Waals surface area contributed by atoms with E-state index in [1.165, 1.54) is 12.3 Å². The van der Waals surface area contributed by atoms with Crippen molar-refractivity contribution in [1.82, 2.24) is 5.32 Å². The summed E-state index contributed by atoms with van der Waals surface area (Å²) < 4.78 is 0. The van der Waals surface area contributed by atoms with Crippen molar-refractivity contribution in [2.45, 2.75) is 0 Å². The van der Waals surface area contributed by atoms with Crippen LogP contribution in [0.25, 0.3) is 0 Å². The topological polar surface area (TPSA) is 61.7 Å². The highest BCUT2D eigenvalue weighted by Crippen LogP contribution is 2.21. The van der Waals surface area contributed by atoms with E-state index in [2.05, 4.69) is 10.3 Å². The molecule has 102 valence electrons. The van der Waals surface area contributed by atoms with Crippen LogP contribution >= 0.6 is 11.6 Å². The Morgan fingerprint density at radius 1 is 1.30 bits per heavy atom. The summed E-state index contributed by atoms with van der Waals surface area (Å²) in [5.74, 6) is -0.0757. The molecule has 0 aromatic heterocycles. The number of rotatable bonds is 3. The van der Waals surface area contributed by atoms with E-state index in [4.69, 9.17) is 11.6 Å². The number of nitrogens with one attached hydrogen (secondary N) is 1. The maximum absolute atomic E-state index is 11.5. The molecule has 1 amide bonds. The van der Waals surface area contributed by atoms with E-state index in [1.807, 2.05) is 0 Å². The highest BCUT2D eigenvalue weighted by Gasteiger charge is 2.03. The summed E-state index contributed by atoms with van der Waals surface area (Å²) in [5.41, 5.74) is 1.66. The van der Waals surface area contributed by atoms with Crippen LogP contribution in [0.4, 0.5) is 5.69 Å². The molecule has 0 spiro atoms. The van der Waals surface area contributed by atoms with Gasteiger partial charge in [-0.3, -0.25) is 9.79 Å². The lowest BCUT2D eigenvalue weighted by Crippen LogP contribution is -2.17. The molecule has 2 aromatic carbocycles. The van der Waals surface area contributed by atoms with Crippen molar-refractivity contribution in [2.24, 2.45) is 4.99 Å². The number of carbonyl (C=O) groups excluding carboxylic acids is 1. The van der Waals surface area contributed by atoms with Gasteiger partial charge in [-0.1, -0.05) is 17.7 Å². The maximum atomic E-state index is 11.5. The number of aromatic hydroxyl groups is 1. The second-order valence-electron chi connectivity index (χ2n) is 4.09. The van der Waals surface area contributed by atoms with Crippen molar-refractivity contribution >= 4 is 29.4 Å². The zero-order valence-corrected chi connectivity index (χ0v) is 11.6. The van der Waals surface area contributed by atoms with Crippen LogP contribution in [0.5, 0.6) is 5.75 Å². The van der Waals surface area contributed by atoms with E-state index in [-0.39, 0.29) is 11.7 Å². The Morgan fingerprint density at radius 3 is 2.85 bits per heavy atom. The maximum Gasteiger partial charge on any atom is 0.251 e. The molecule has 2 rings (SSSR count). The van der Waals surface area contributed by atoms with Gasteiger partial charge in [-0.2, -0.15) is 0 Å². The zero-order chi connectivity index (χ0) is 14.5. The Balaban J connectivity index is 2.27. The lowest BCUT2D eigenvalue weighted by atomic mass is 10.2. The molecule has 0 saturated carbocycles. The van der Waals surface area contributed by atoms with Gasteiger partial charge in [0.2, 0.25) is 0 Å². The third-order valence-electron chi connectivity index (χ3n) is 2.68. The number of benzene rings is 2. The van der Waals surface area contributed by atoms with Crippen LogP contribution in [-0.2, 0) is 0 Å². The van der Waals surface area contributed by atoms with Crippen LogP contribution in [0.3, 0.4) is 0 Å². The average Bonchev–Trinajstić information content (AvgIpc) is 2.47. The fraction of sp³-hybridized carbons (Fsp3) is 0.0667. The van der Waals surface area contributed by atoms with E-state index in [0.717, 1.165) is 0 Å². The molecular formula is C15H13ClN2O2. The van der Waals surface area contributed by atoms with Gasteiger partial charge in [0.1, 0.15) is 5.75 Å². The highest BCUT2D eigenvalue weighted by atomic mass is 35.5. The minimum absolute atomic E-state index is 0.0978. The number of carbonyl (C=O) groups is 1. The molecule has 0 bridgehead atoms. The van der Waals surface area contributed by atoms with Crippen LogP contribution in [0, 0.1) is 0 Å². The van der Waals surface area contributed by atoms with Crippen LogP contribution in [0.15, 0.2) is 47.5 Å². The summed E-state index contributed by atoms with van der Waals surface area (Å²) in [5, 5.41) is 12.7. The largest absolute Gasteiger partial charge is 0.507 e. The van der Waals surface area contributed by atoms with Gasteiger partial charge in [0.15, 0.2) is 0 Å². The van der Waals surface area contributed by atoms with Gasteiger partial charge in [0.25, 0.3) is 5.91 Å². The molecule has 0 radical (unpaired) electrons. The van der Waals surface area contributed by atoms with Crippen molar-refractivity contribution in [1.29, 1.82) is 0 Å². The number of halogens is 1. The van der Waals surface area contributed by atoms with Gasteiger partial charge in [0.05, 0.1) is 5.69 Å². The van der Waals surface area contributed by atoms with Gasteiger partial charge in [-0.25, -0.2) is 0 Å². The number of aliphatic imine (C=N–C) groups is 1. The Hall–Kier alpha value is -2.33. The Kier molecular flexibility index (Phi) is 4.38. The van der Waals surface area contributed by atoms with E-state index in [0.29, 0.717) is 21.8 Å². The standard InChI is InChI=1S/C15H13ClN2O2/c1-17-15(20)10-3-2-4-13(8-10)18-9-11-7-12(16)5-6-14(11)19/h2-9,19H,1H3,(H,17,20). The molecule has 0 heterocycles. The van der Waals surface area contributed by atoms with Gasteiger partial charge >= 0.3 is 0 Å². The van der Waals surface area contributed by atoms with E-state index in [1.54, 1.807) is 43.4 Å². The molecular weight excluding hydrogens is 276 g/mol. The second-order valence-corrected chi connectivity index (χ2v) is 4.53. The smallest absolute Gasteiger partial charge is 0.251 e. The molecule has 20 heavy (non-hydrogen) atoms. The summed E-state index contributed by atoms with van der Waals surface area (Å²) in [6, 6.07) is 11.6. The van der Waals surface area contributed by atoms with E-state index < -0.39 is 0 Å². The Bertz CT molecular complexity index is 669. The number of hydrogen-bond donors (Lipinski definition) is 2. The van der Waals surface area contributed by atoms with Crippen LogP contribution in [0.2, 0.25) is 5.02 Å². The van der Waals surface area contributed by atoms with Crippen LogP contribution in [-0.4, -0.2) is 24.3 Å². The molecule has 0 saturated heterocycles. The molecule has 0 aliphatic rings. The first-order chi connectivity index (χ1) is 9.60. The number of hydrogen-bond acceptors (Lipinski definition) is 3. The summed E-state index contributed by atoms with van der Waals surface area (Å²) in [7, 11) is 1.57. The SMILES string of the molecule is CNC(=O)c1cccc(N=Cc2cc(Cl)ccc2O)c1. The summed E-state index contributed by atoms with van der Waals surface area (Å²) in [4.78, 5) is 15.8. The minimum Gasteiger partial charge on any atom is -0.507 e. The Labute approximate surface area is 121 Å². The fourth-order valence-electron chi connectivity index (χ4n) is 1.64. The van der Waals surface area contributed by atoms with Gasteiger partial charge in [-0.05, 0) is 36.4 Å².